The minimum absolute atomic E-state index is 0.0597. The van der Waals surface area contributed by atoms with E-state index in [0.717, 1.165) is 18.9 Å². The number of carboxylic acid groups (broad SMARTS) is 1. The zero-order chi connectivity index (χ0) is 16.0. The van der Waals surface area contributed by atoms with Crippen molar-refractivity contribution in [2.75, 3.05) is 7.05 Å². The molecule has 1 aromatic rings. The van der Waals surface area contributed by atoms with Crippen LogP contribution in [0.25, 0.3) is 6.08 Å². The molecule has 7 heteroatoms. The molecule has 6 nitrogen and oxygen atoms in total. The largest absolute Gasteiger partial charge is 0.478 e. The van der Waals surface area contributed by atoms with Gasteiger partial charge in [0.05, 0.1) is 0 Å². The lowest BCUT2D eigenvalue weighted by molar-refractivity contribution is -0.131. The molecule has 21 heavy (non-hydrogen) atoms. The molecule has 1 heterocycles. The molecule has 0 saturated carbocycles. The summed E-state index contributed by atoms with van der Waals surface area (Å²) in [6, 6.07) is 1.34. The number of hydrogen-bond acceptors (Lipinski definition) is 4. The Hall–Kier alpha value is -1.73. The van der Waals surface area contributed by atoms with Gasteiger partial charge in [0.1, 0.15) is 4.90 Å². The van der Waals surface area contributed by atoms with Crippen molar-refractivity contribution in [1.29, 1.82) is 0 Å². The summed E-state index contributed by atoms with van der Waals surface area (Å²) in [7, 11) is -2.09. The molecule has 0 radical (unpaired) electrons. The molecule has 0 atom stereocenters. The Morgan fingerprint density at radius 3 is 2.52 bits per heavy atom. The molecule has 1 rings (SSSR count). The summed E-state index contributed by atoms with van der Waals surface area (Å²) in [5.74, 6) is -1.10. The minimum atomic E-state index is -3.63. The van der Waals surface area contributed by atoms with Gasteiger partial charge in [-0.05, 0) is 30.5 Å². The Balaban J connectivity index is 3.14. The van der Waals surface area contributed by atoms with Crippen molar-refractivity contribution in [2.24, 2.45) is 0 Å². The van der Waals surface area contributed by atoms with Crippen molar-refractivity contribution in [3.8, 4) is 0 Å². The first-order valence-corrected chi connectivity index (χ1v) is 8.11. The average molecular weight is 312 g/mol. The standard InChI is InChI=1S/C14H20N2O4S/c1-4-12(5-2)16(3)21(19,20)13-8-11(9-15-10-13)6-7-14(17)18/h6-10,12H,4-5H2,1-3H3,(H,17,18). The first-order chi connectivity index (χ1) is 9.82. The maximum Gasteiger partial charge on any atom is 0.328 e. The summed E-state index contributed by atoms with van der Waals surface area (Å²) in [5, 5.41) is 8.60. The first-order valence-electron chi connectivity index (χ1n) is 6.67. The highest BCUT2D eigenvalue weighted by Gasteiger charge is 2.26. The van der Waals surface area contributed by atoms with E-state index in [9.17, 15) is 13.2 Å². The van der Waals surface area contributed by atoms with Crippen molar-refractivity contribution in [1.82, 2.24) is 9.29 Å². The lowest BCUT2D eigenvalue weighted by Gasteiger charge is -2.25. The van der Waals surface area contributed by atoms with Gasteiger partial charge in [-0.3, -0.25) is 4.98 Å². The Morgan fingerprint density at radius 1 is 1.38 bits per heavy atom. The molecule has 0 aromatic carbocycles. The van der Waals surface area contributed by atoms with Gasteiger partial charge in [0.2, 0.25) is 10.0 Å². The smallest absolute Gasteiger partial charge is 0.328 e. The first kappa shape index (κ1) is 17.3. The van der Waals surface area contributed by atoms with Crippen molar-refractivity contribution in [3.63, 3.8) is 0 Å². The van der Waals surface area contributed by atoms with Gasteiger partial charge in [-0.25, -0.2) is 13.2 Å². The lowest BCUT2D eigenvalue weighted by Crippen LogP contribution is -2.36. The van der Waals surface area contributed by atoms with E-state index in [2.05, 4.69) is 4.98 Å². The van der Waals surface area contributed by atoms with Crippen molar-refractivity contribution >= 4 is 22.1 Å². The molecule has 0 amide bonds. The van der Waals surface area contributed by atoms with Gasteiger partial charge in [0.15, 0.2) is 0 Å². The highest BCUT2D eigenvalue weighted by molar-refractivity contribution is 7.89. The Kier molecular flexibility index (Phi) is 6.04. The molecule has 0 aliphatic rings. The monoisotopic (exact) mass is 312 g/mol. The average Bonchev–Trinajstić information content (AvgIpc) is 2.46. The van der Waals surface area contributed by atoms with E-state index in [1.165, 1.54) is 28.8 Å². The quantitative estimate of drug-likeness (QED) is 0.778. The fourth-order valence-corrected chi connectivity index (χ4v) is 3.50. The normalized spacial score (nSPS) is 12.4. The van der Waals surface area contributed by atoms with E-state index in [-0.39, 0.29) is 10.9 Å². The molecule has 0 aliphatic heterocycles. The zero-order valence-corrected chi connectivity index (χ0v) is 13.2. The van der Waals surface area contributed by atoms with Gasteiger partial charge < -0.3 is 5.11 Å². The highest BCUT2D eigenvalue weighted by Crippen LogP contribution is 2.20. The van der Waals surface area contributed by atoms with Crippen LogP contribution in [0.4, 0.5) is 0 Å². The fourth-order valence-electron chi connectivity index (χ4n) is 2.00. The number of carbonyl (C=O) groups is 1. The molecule has 0 aliphatic carbocycles. The number of aliphatic carboxylic acids is 1. The van der Waals surface area contributed by atoms with Gasteiger partial charge >= 0.3 is 5.97 Å². The highest BCUT2D eigenvalue weighted by atomic mass is 32.2. The molecule has 0 fully saturated rings. The number of pyridine rings is 1. The van der Waals surface area contributed by atoms with E-state index < -0.39 is 16.0 Å². The molecular formula is C14H20N2O4S. The number of nitrogens with zero attached hydrogens (tertiary/aromatic N) is 2. The van der Waals surface area contributed by atoms with Crippen LogP contribution in [0, 0.1) is 0 Å². The second kappa shape index (κ2) is 7.33. The predicted octanol–water partition coefficient (Wildman–Crippen LogP) is 1.99. The summed E-state index contributed by atoms with van der Waals surface area (Å²) in [5.41, 5.74) is 0.427. The van der Waals surface area contributed by atoms with Crippen LogP contribution in [-0.2, 0) is 14.8 Å². The number of rotatable bonds is 7. The summed E-state index contributed by atoms with van der Waals surface area (Å²) in [6.07, 6.45) is 6.38. The summed E-state index contributed by atoms with van der Waals surface area (Å²) >= 11 is 0. The number of sulfonamides is 1. The second-order valence-corrected chi connectivity index (χ2v) is 6.61. The van der Waals surface area contributed by atoms with Crippen molar-refractivity contribution in [2.45, 2.75) is 37.6 Å². The van der Waals surface area contributed by atoms with Crippen LogP contribution in [0.1, 0.15) is 32.3 Å². The second-order valence-electron chi connectivity index (χ2n) is 4.62. The van der Waals surface area contributed by atoms with Crippen molar-refractivity contribution < 1.29 is 18.3 Å². The van der Waals surface area contributed by atoms with Gasteiger partial charge in [-0.2, -0.15) is 4.31 Å². The molecule has 0 saturated heterocycles. The van der Waals surface area contributed by atoms with E-state index >= 15 is 0 Å². The number of carboxylic acids is 1. The van der Waals surface area contributed by atoms with Crippen LogP contribution in [-0.4, -0.2) is 41.9 Å². The third kappa shape index (κ3) is 4.37. The molecule has 0 bridgehead atoms. The Morgan fingerprint density at radius 2 is 2.00 bits per heavy atom. The molecule has 0 unspecified atom stereocenters. The maximum absolute atomic E-state index is 12.5. The SMILES string of the molecule is CCC(CC)N(C)S(=O)(=O)c1cncc(C=CC(=O)O)c1. The maximum atomic E-state index is 12.5. The van der Waals surface area contributed by atoms with Crippen LogP contribution in [0.15, 0.2) is 29.4 Å². The third-order valence-corrected chi connectivity index (χ3v) is 5.16. The predicted molar refractivity (Wildman–Crippen MR) is 80.2 cm³/mol. The van der Waals surface area contributed by atoms with E-state index in [4.69, 9.17) is 5.11 Å². The number of hydrogen-bond donors (Lipinski definition) is 1. The molecule has 1 N–H and O–H groups in total. The van der Waals surface area contributed by atoms with Crippen molar-refractivity contribution in [3.05, 3.63) is 30.1 Å². The van der Waals surface area contributed by atoms with Crippen LogP contribution in [0.2, 0.25) is 0 Å². The van der Waals surface area contributed by atoms with Crippen LogP contribution in [0.3, 0.4) is 0 Å². The van der Waals surface area contributed by atoms with Crippen LogP contribution in [0.5, 0.6) is 0 Å². The Labute approximate surface area is 125 Å². The summed E-state index contributed by atoms with van der Waals surface area (Å²) in [6.45, 7) is 3.87. The van der Waals surface area contributed by atoms with Gasteiger partial charge in [-0.15, -0.1) is 0 Å². The van der Waals surface area contributed by atoms with E-state index in [1.54, 1.807) is 7.05 Å². The molecule has 116 valence electrons. The molecule has 0 spiro atoms. The van der Waals surface area contributed by atoms with Crippen LogP contribution >= 0.6 is 0 Å². The third-order valence-electron chi connectivity index (χ3n) is 3.29. The minimum Gasteiger partial charge on any atom is -0.478 e. The molecule has 1 aromatic heterocycles. The fraction of sp³-hybridized carbons (Fsp3) is 0.429. The van der Waals surface area contributed by atoms with Crippen LogP contribution < -0.4 is 0 Å². The topological polar surface area (TPSA) is 87.6 Å². The van der Waals surface area contributed by atoms with E-state index in [0.29, 0.717) is 5.56 Å². The lowest BCUT2D eigenvalue weighted by atomic mass is 10.2. The zero-order valence-electron chi connectivity index (χ0n) is 12.4. The van der Waals surface area contributed by atoms with Gasteiger partial charge in [0, 0.05) is 31.6 Å². The summed E-state index contributed by atoms with van der Waals surface area (Å²) in [4.78, 5) is 14.4. The van der Waals surface area contributed by atoms with Gasteiger partial charge in [0.25, 0.3) is 0 Å². The van der Waals surface area contributed by atoms with Gasteiger partial charge in [-0.1, -0.05) is 13.8 Å². The number of aromatic nitrogens is 1. The Bertz CT molecular complexity index is 622. The van der Waals surface area contributed by atoms with E-state index in [1.807, 2.05) is 13.8 Å². The molecular weight excluding hydrogens is 292 g/mol. The summed E-state index contributed by atoms with van der Waals surface area (Å²) < 4.78 is 26.4.